The average molecular weight is 275 g/mol. The average Bonchev–Trinajstić information content (AvgIpc) is 2.84. The van der Waals surface area contributed by atoms with Crippen molar-refractivity contribution < 1.29 is 9.59 Å². The number of carbonyl (C=O) groups is 2. The first kappa shape index (κ1) is 12.5. The van der Waals surface area contributed by atoms with Crippen LogP contribution in [-0.4, -0.2) is 55.9 Å². The Kier molecular flexibility index (Phi) is 3.03. The van der Waals surface area contributed by atoms with Crippen LogP contribution >= 0.6 is 0 Å². The van der Waals surface area contributed by atoms with Gasteiger partial charge < -0.3 is 15.6 Å². The highest BCUT2D eigenvalue weighted by Crippen LogP contribution is 2.14. The normalized spacial score (nSPS) is 15.8. The molecule has 2 aromatic heterocycles. The van der Waals surface area contributed by atoms with Crippen LogP contribution in [0, 0.1) is 0 Å². The van der Waals surface area contributed by atoms with Gasteiger partial charge in [-0.3, -0.25) is 14.5 Å². The lowest BCUT2D eigenvalue weighted by atomic mass is 10.3. The van der Waals surface area contributed by atoms with Crippen LogP contribution in [0.25, 0.3) is 11.2 Å². The van der Waals surface area contributed by atoms with E-state index in [1.54, 1.807) is 4.57 Å². The van der Waals surface area contributed by atoms with E-state index in [1.165, 1.54) is 17.6 Å². The zero-order chi connectivity index (χ0) is 14.1. The summed E-state index contributed by atoms with van der Waals surface area (Å²) in [6, 6.07) is 0. The van der Waals surface area contributed by atoms with Gasteiger partial charge in [0.15, 0.2) is 11.5 Å². The number of rotatable bonds is 2. The highest BCUT2D eigenvalue weighted by atomic mass is 16.2. The fraction of sp³-hybridized carbons (Fsp3) is 0.364. The summed E-state index contributed by atoms with van der Waals surface area (Å²) in [5, 5.41) is 2.92. The lowest BCUT2D eigenvalue weighted by molar-refractivity contribution is -0.146. The van der Waals surface area contributed by atoms with Gasteiger partial charge >= 0.3 is 0 Å². The van der Waals surface area contributed by atoms with Crippen molar-refractivity contribution in [2.75, 3.05) is 25.4 Å². The molecule has 3 N–H and O–H groups in total. The molecular weight excluding hydrogens is 262 g/mol. The molecule has 0 atom stereocenters. The lowest BCUT2D eigenvalue weighted by Gasteiger charge is -2.25. The molecule has 1 aliphatic heterocycles. The number of hydrogen-bond donors (Lipinski definition) is 2. The minimum absolute atomic E-state index is 0.00130. The van der Waals surface area contributed by atoms with E-state index >= 15 is 0 Å². The number of piperazine rings is 1. The number of nitrogens with zero attached hydrogens (tertiary/aromatic N) is 5. The Bertz CT molecular complexity index is 680. The summed E-state index contributed by atoms with van der Waals surface area (Å²) in [5.41, 5.74) is 6.61. The zero-order valence-electron chi connectivity index (χ0n) is 10.6. The maximum atomic E-state index is 12.2. The van der Waals surface area contributed by atoms with E-state index in [9.17, 15) is 9.59 Å². The number of nitrogens with two attached hydrogens (primary N) is 1. The molecule has 0 aliphatic carbocycles. The fourth-order valence-corrected chi connectivity index (χ4v) is 2.12. The number of nitrogens with one attached hydrogen (secondary N) is 1. The van der Waals surface area contributed by atoms with Crippen molar-refractivity contribution in [2.45, 2.75) is 6.54 Å². The van der Waals surface area contributed by atoms with Crippen molar-refractivity contribution in [3.05, 3.63) is 12.7 Å². The number of nitrogen functional groups attached to an aromatic ring is 1. The molecule has 0 spiro atoms. The number of aromatic nitrogens is 4. The van der Waals surface area contributed by atoms with Crippen molar-refractivity contribution in [3.63, 3.8) is 0 Å². The summed E-state index contributed by atoms with van der Waals surface area (Å²) in [7, 11) is 0. The van der Waals surface area contributed by atoms with E-state index in [0.29, 0.717) is 24.3 Å². The quantitative estimate of drug-likeness (QED) is 0.675. The van der Waals surface area contributed by atoms with Gasteiger partial charge in [0, 0.05) is 13.1 Å². The minimum Gasteiger partial charge on any atom is -0.382 e. The molecule has 0 saturated carbocycles. The van der Waals surface area contributed by atoms with Crippen molar-refractivity contribution in [3.8, 4) is 0 Å². The van der Waals surface area contributed by atoms with Crippen molar-refractivity contribution in [1.29, 1.82) is 0 Å². The zero-order valence-corrected chi connectivity index (χ0v) is 10.6. The number of fused-ring (bicyclic) bond motifs is 1. The first-order valence-electron chi connectivity index (χ1n) is 6.12. The maximum Gasteiger partial charge on any atom is 0.249 e. The van der Waals surface area contributed by atoms with Crippen LogP contribution in [0.5, 0.6) is 0 Å². The molecule has 0 unspecified atom stereocenters. The van der Waals surface area contributed by atoms with E-state index < -0.39 is 0 Å². The molecular formula is C11H13N7O2. The largest absolute Gasteiger partial charge is 0.382 e. The fourth-order valence-electron chi connectivity index (χ4n) is 2.12. The Balaban J connectivity index is 1.84. The van der Waals surface area contributed by atoms with E-state index in [0.717, 1.165) is 0 Å². The van der Waals surface area contributed by atoms with Gasteiger partial charge in [-0.1, -0.05) is 0 Å². The smallest absolute Gasteiger partial charge is 0.249 e. The third kappa shape index (κ3) is 2.07. The van der Waals surface area contributed by atoms with Gasteiger partial charge in [0.25, 0.3) is 0 Å². The molecule has 1 saturated heterocycles. The summed E-state index contributed by atoms with van der Waals surface area (Å²) in [6.45, 7) is 1.17. The van der Waals surface area contributed by atoms with Crippen LogP contribution in [0.4, 0.5) is 5.82 Å². The van der Waals surface area contributed by atoms with Crippen LogP contribution < -0.4 is 11.1 Å². The summed E-state index contributed by atoms with van der Waals surface area (Å²) >= 11 is 0. The van der Waals surface area contributed by atoms with Crippen LogP contribution in [0.15, 0.2) is 12.7 Å². The highest BCUT2D eigenvalue weighted by Gasteiger charge is 2.24. The number of carbonyl (C=O) groups excluding carboxylic acids is 2. The van der Waals surface area contributed by atoms with E-state index in [1.807, 2.05) is 0 Å². The Hall–Kier alpha value is -2.55. The van der Waals surface area contributed by atoms with Gasteiger partial charge in [0.1, 0.15) is 18.4 Å². The van der Waals surface area contributed by atoms with Crippen LogP contribution in [0.2, 0.25) is 0 Å². The maximum absolute atomic E-state index is 12.2. The van der Waals surface area contributed by atoms with Crippen LogP contribution in [-0.2, 0) is 16.1 Å². The summed E-state index contributed by atoms with van der Waals surface area (Å²) < 4.78 is 1.56. The molecule has 20 heavy (non-hydrogen) atoms. The van der Waals surface area contributed by atoms with Crippen LogP contribution in [0.3, 0.4) is 0 Å². The van der Waals surface area contributed by atoms with Gasteiger partial charge in [-0.15, -0.1) is 0 Å². The number of hydrogen-bond acceptors (Lipinski definition) is 7. The van der Waals surface area contributed by atoms with Crippen molar-refractivity contribution >= 4 is 28.8 Å². The first-order chi connectivity index (χ1) is 9.66. The standard InChI is InChI=1S/C11H13N7O2/c12-10-9-11(15-5-14-10)17(6-16-9)4-8(20)18-2-1-13-3-7(18)19/h5-6,13H,1-4H2,(H2,12,14,15). The van der Waals surface area contributed by atoms with Gasteiger partial charge in [-0.25, -0.2) is 15.0 Å². The third-order valence-corrected chi connectivity index (χ3v) is 3.13. The van der Waals surface area contributed by atoms with Crippen molar-refractivity contribution in [1.82, 2.24) is 29.7 Å². The molecule has 9 nitrogen and oxygen atoms in total. The van der Waals surface area contributed by atoms with Crippen molar-refractivity contribution in [2.24, 2.45) is 0 Å². The lowest BCUT2D eigenvalue weighted by Crippen LogP contribution is -2.51. The van der Waals surface area contributed by atoms with Gasteiger partial charge in [-0.05, 0) is 0 Å². The monoisotopic (exact) mass is 275 g/mol. The summed E-state index contributed by atoms with van der Waals surface area (Å²) in [5.74, 6) is -0.243. The molecule has 2 amide bonds. The number of imidazole rings is 1. The highest BCUT2D eigenvalue weighted by molar-refractivity contribution is 5.97. The number of amides is 2. The Labute approximate surface area is 113 Å². The Morgan fingerprint density at radius 2 is 2.25 bits per heavy atom. The molecule has 1 aliphatic rings. The van der Waals surface area contributed by atoms with E-state index in [2.05, 4.69) is 20.3 Å². The van der Waals surface area contributed by atoms with E-state index in [-0.39, 0.29) is 30.7 Å². The molecule has 0 radical (unpaired) electrons. The molecule has 3 rings (SSSR count). The molecule has 0 aromatic carbocycles. The Morgan fingerprint density at radius 1 is 1.40 bits per heavy atom. The predicted octanol–water partition coefficient (Wildman–Crippen LogP) is -1.63. The molecule has 9 heteroatoms. The summed E-state index contributed by atoms with van der Waals surface area (Å²) in [6.07, 6.45) is 2.79. The third-order valence-electron chi connectivity index (χ3n) is 3.13. The second-order valence-electron chi connectivity index (χ2n) is 4.42. The number of anilines is 1. The predicted molar refractivity (Wildman–Crippen MR) is 69.3 cm³/mol. The minimum atomic E-state index is -0.284. The molecule has 2 aromatic rings. The number of imide groups is 1. The molecule has 0 bridgehead atoms. The second-order valence-corrected chi connectivity index (χ2v) is 4.42. The SMILES string of the molecule is Nc1ncnc2c1ncn2CC(=O)N1CCNCC1=O. The molecule has 104 valence electrons. The van der Waals surface area contributed by atoms with Gasteiger partial charge in [-0.2, -0.15) is 0 Å². The Morgan fingerprint density at radius 3 is 3.05 bits per heavy atom. The molecule has 3 heterocycles. The van der Waals surface area contributed by atoms with Gasteiger partial charge in [0.2, 0.25) is 11.8 Å². The second kappa shape index (κ2) is 4.85. The van der Waals surface area contributed by atoms with Gasteiger partial charge in [0.05, 0.1) is 12.9 Å². The van der Waals surface area contributed by atoms with E-state index in [4.69, 9.17) is 5.73 Å². The topological polar surface area (TPSA) is 119 Å². The first-order valence-corrected chi connectivity index (χ1v) is 6.12. The summed E-state index contributed by atoms with van der Waals surface area (Å²) in [4.78, 5) is 37.0. The van der Waals surface area contributed by atoms with Crippen LogP contribution in [0.1, 0.15) is 0 Å². The molecule has 1 fully saturated rings.